The highest BCUT2D eigenvalue weighted by molar-refractivity contribution is 7.81. The molecule has 1 aliphatic heterocycles. The van der Waals surface area contributed by atoms with E-state index in [-0.39, 0.29) is 23.7 Å². The molecule has 2 unspecified atom stereocenters. The summed E-state index contributed by atoms with van der Waals surface area (Å²) < 4.78 is 0. The first-order valence-electron chi connectivity index (χ1n) is 4.19. The van der Waals surface area contributed by atoms with E-state index in [0.717, 1.165) is 13.0 Å². The molecule has 70 valence electrons. The molecule has 1 N–H and O–H groups in total. The lowest BCUT2D eigenvalue weighted by Crippen LogP contribution is -2.44. The van der Waals surface area contributed by atoms with E-state index < -0.39 is 0 Å². The Hall–Kier alpha value is -0.220. The summed E-state index contributed by atoms with van der Waals surface area (Å²) in [5.41, 5.74) is 0. The number of thiol groups is 1. The van der Waals surface area contributed by atoms with E-state index in [4.69, 9.17) is 5.11 Å². The Labute approximate surface area is 78.2 Å². The fraction of sp³-hybridized carbons (Fsp3) is 0.875. The number of amides is 1. The van der Waals surface area contributed by atoms with Crippen molar-refractivity contribution in [3.8, 4) is 0 Å². The molecule has 0 aromatic heterocycles. The average Bonchev–Trinajstić information content (AvgIpc) is 2.04. The zero-order valence-corrected chi connectivity index (χ0v) is 8.13. The molecule has 1 saturated heterocycles. The van der Waals surface area contributed by atoms with E-state index in [1.54, 1.807) is 11.8 Å². The monoisotopic (exact) mass is 189 g/mol. The van der Waals surface area contributed by atoms with Crippen molar-refractivity contribution >= 4 is 18.5 Å². The van der Waals surface area contributed by atoms with Gasteiger partial charge in [0, 0.05) is 31.9 Å². The van der Waals surface area contributed by atoms with Gasteiger partial charge in [0.15, 0.2) is 0 Å². The molecular weight excluding hydrogens is 174 g/mol. The van der Waals surface area contributed by atoms with Gasteiger partial charge in [-0.15, -0.1) is 0 Å². The smallest absolute Gasteiger partial charge is 0.219 e. The maximum Gasteiger partial charge on any atom is 0.219 e. The third-order valence-corrected chi connectivity index (χ3v) is 2.99. The molecule has 0 bridgehead atoms. The number of rotatable bonds is 1. The maximum atomic E-state index is 11.0. The Bertz CT molecular complexity index is 174. The van der Waals surface area contributed by atoms with E-state index in [2.05, 4.69) is 12.6 Å². The van der Waals surface area contributed by atoms with Gasteiger partial charge >= 0.3 is 0 Å². The van der Waals surface area contributed by atoms with Crippen LogP contribution in [0.3, 0.4) is 0 Å². The van der Waals surface area contributed by atoms with E-state index in [1.165, 1.54) is 0 Å². The van der Waals surface area contributed by atoms with Crippen molar-refractivity contribution in [3.63, 3.8) is 0 Å². The van der Waals surface area contributed by atoms with E-state index in [0.29, 0.717) is 6.54 Å². The van der Waals surface area contributed by atoms with Crippen LogP contribution in [0.25, 0.3) is 0 Å². The second-order valence-electron chi connectivity index (χ2n) is 3.26. The number of hydrogen-bond donors (Lipinski definition) is 2. The van der Waals surface area contributed by atoms with Crippen LogP contribution in [-0.4, -0.2) is 40.9 Å². The summed E-state index contributed by atoms with van der Waals surface area (Å²) in [6, 6.07) is 0. The normalized spacial score (nSPS) is 30.4. The van der Waals surface area contributed by atoms with Crippen LogP contribution in [0.1, 0.15) is 13.3 Å². The number of carbonyl (C=O) groups is 1. The molecule has 0 aromatic rings. The summed E-state index contributed by atoms with van der Waals surface area (Å²) >= 11 is 4.34. The standard InChI is InChI=1S/C8H15NO2S/c1-6(11)9-3-2-7(5-10)8(12)4-9/h7-8,10,12H,2-5H2,1H3. The quantitative estimate of drug-likeness (QED) is 0.576. The summed E-state index contributed by atoms with van der Waals surface area (Å²) in [5.74, 6) is 0.356. The Kier molecular flexibility index (Phi) is 3.40. The summed E-state index contributed by atoms with van der Waals surface area (Å²) in [6.07, 6.45) is 0.865. The van der Waals surface area contributed by atoms with Gasteiger partial charge in [0.25, 0.3) is 0 Å². The molecule has 1 fully saturated rings. The van der Waals surface area contributed by atoms with Crippen LogP contribution in [0.15, 0.2) is 0 Å². The highest BCUT2D eigenvalue weighted by Crippen LogP contribution is 2.21. The van der Waals surface area contributed by atoms with Gasteiger partial charge in [0.2, 0.25) is 5.91 Å². The number of nitrogens with zero attached hydrogens (tertiary/aromatic N) is 1. The van der Waals surface area contributed by atoms with Crippen molar-refractivity contribution in [1.29, 1.82) is 0 Å². The highest BCUT2D eigenvalue weighted by Gasteiger charge is 2.26. The molecule has 4 heteroatoms. The van der Waals surface area contributed by atoms with Crippen LogP contribution in [0, 0.1) is 5.92 Å². The summed E-state index contributed by atoms with van der Waals surface area (Å²) in [6.45, 7) is 3.18. The minimum Gasteiger partial charge on any atom is -0.396 e. The van der Waals surface area contributed by atoms with Crippen molar-refractivity contribution in [2.75, 3.05) is 19.7 Å². The number of piperidine rings is 1. The predicted octanol–water partition coefficient (Wildman–Crippen LogP) is 0.145. The first-order valence-corrected chi connectivity index (χ1v) is 4.71. The molecule has 3 nitrogen and oxygen atoms in total. The molecule has 0 radical (unpaired) electrons. The van der Waals surface area contributed by atoms with Gasteiger partial charge in [-0.25, -0.2) is 0 Å². The zero-order chi connectivity index (χ0) is 9.14. The van der Waals surface area contributed by atoms with Gasteiger partial charge in [-0.05, 0) is 12.3 Å². The fourth-order valence-corrected chi connectivity index (χ4v) is 1.92. The lowest BCUT2D eigenvalue weighted by atomic mass is 9.97. The number of aliphatic hydroxyl groups is 1. The molecule has 0 aliphatic carbocycles. The van der Waals surface area contributed by atoms with Crippen molar-refractivity contribution in [2.45, 2.75) is 18.6 Å². The summed E-state index contributed by atoms with van der Waals surface area (Å²) in [4.78, 5) is 12.8. The number of carbonyl (C=O) groups excluding carboxylic acids is 1. The number of aliphatic hydroxyl groups excluding tert-OH is 1. The molecule has 0 spiro atoms. The summed E-state index contributed by atoms with van der Waals surface area (Å²) in [7, 11) is 0. The lowest BCUT2D eigenvalue weighted by molar-refractivity contribution is -0.130. The highest BCUT2D eigenvalue weighted by atomic mass is 32.1. The van der Waals surface area contributed by atoms with Crippen LogP contribution in [0.4, 0.5) is 0 Å². The second-order valence-corrected chi connectivity index (χ2v) is 3.93. The Morgan fingerprint density at radius 2 is 2.42 bits per heavy atom. The van der Waals surface area contributed by atoms with Crippen molar-refractivity contribution in [1.82, 2.24) is 4.90 Å². The molecule has 0 saturated carbocycles. The molecule has 1 rings (SSSR count). The van der Waals surface area contributed by atoms with Gasteiger partial charge in [-0.1, -0.05) is 0 Å². The van der Waals surface area contributed by atoms with E-state index in [1.807, 2.05) is 0 Å². The molecule has 2 atom stereocenters. The largest absolute Gasteiger partial charge is 0.396 e. The molecule has 12 heavy (non-hydrogen) atoms. The van der Waals surface area contributed by atoms with E-state index >= 15 is 0 Å². The van der Waals surface area contributed by atoms with Gasteiger partial charge < -0.3 is 10.0 Å². The van der Waals surface area contributed by atoms with E-state index in [9.17, 15) is 4.79 Å². The Balaban J connectivity index is 2.46. The SMILES string of the molecule is CC(=O)N1CCC(CO)C(S)C1. The van der Waals surface area contributed by atoms with Gasteiger partial charge in [-0.3, -0.25) is 4.79 Å². The average molecular weight is 189 g/mol. The third-order valence-electron chi connectivity index (χ3n) is 2.40. The lowest BCUT2D eigenvalue weighted by Gasteiger charge is -2.34. The van der Waals surface area contributed by atoms with Crippen LogP contribution in [-0.2, 0) is 4.79 Å². The maximum absolute atomic E-state index is 11.0. The van der Waals surface area contributed by atoms with Crippen LogP contribution in [0.2, 0.25) is 0 Å². The van der Waals surface area contributed by atoms with Crippen LogP contribution < -0.4 is 0 Å². The van der Waals surface area contributed by atoms with Crippen LogP contribution in [0.5, 0.6) is 0 Å². The minimum atomic E-state index is 0.102. The number of likely N-dealkylation sites (tertiary alicyclic amines) is 1. The second kappa shape index (κ2) is 4.14. The first-order chi connectivity index (χ1) is 5.65. The zero-order valence-electron chi connectivity index (χ0n) is 7.23. The molecular formula is C8H15NO2S. The van der Waals surface area contributed by atoms with Crippen LogP contribution >= 0.6 is 12.6 Å². The summed E-state index contributed by atoms with van der Waals surface area (Å²) in [5, 5.41) is 9.07. The van der Waals surface area contributed by atoms with Gasteiger partial charge in [0.05, 0.1) is 0 Å². The van der Waals surface area contributed by atoms with Crippen molar-refractivity contribution in [3.05, 3.63) is 0 Å². The molecule has 1 aliphatic rings. The Morgan fingerprint density at radius 3 is 2.83 bits per heavy atom. The fourth-order valence-electron chi connectivity index (χ4n) is 1.48. The molecule has 0 aromatic carbocycles. The molecule has 1 amide bonds. The third kappa shape index (κ3) is 2.14. The predicted molar refractivity (Wildman–Crippen MR) is 50.2 cm³/mol. The van der Waals surface area contributed by atoms with Crippen molar-refractivity contribution in [2.24, 2.45) is 5.92 Å². The number of hydrogen-bond acceptors (Lipinski definition) is 3. The van der Waals surface area contributed by atoms with Crippen molar-refractivity contribution < 1.29 is 9.90 Å². The Morgan fingerprint density at radius 1 is 1.75 bits per heavy atom. The topological polar surface area (TPSA) is 40.5 Å². The molecule has 1 heterocycles. The van der Waals surface area contributed by atoms with Gasteiger partial charge in [-0.2, -0.15) is 12.6 Å². The minimum absolute atomic E-state index is 0.102. The first kappa shape index (κ1) is 9.86. The van der Waals surface area contributed by atoms with Gasteiger partial charge in [0.1, 0.15) is 0 Å².